The van der Waals surface area contributed by atoms with Crippen molar-refractivity contribution in [1.29, 1.82) is 0 Å². The van der Waals surface area contributed by atoms with Gasteiger partial charge < -0.3 is 28.4 Å². The van der Waals surface area contributed by atoms with Crippen LogP contribution in [0.1, 0.15) is 39.2 Å². The zero-order chi connectivity index (χ0) is 27.4. The van der Waals surface area contributed by atoms with Gasteiger partial charge in [-0.3, -0.25) is 15.0 Å². The van der Waals surface area contributed by atoms with E-state index in [9.17, 15) is 14.9 Å². The maximum atomic E-state index is 13.2. The summed E-state index contributed by atoms with van der Waals surface area (Å²) in [6, 6.07) is 9.54. The molecule has 202 valence electrons. The summed E-state index contributed by atoms with van der Waals surface area (Å²) in [4.78, 5) is 26.5. The molecule has 11 nitrogen and oxygen atoms in total. The van der Waals surface area contributed by atoms with Gasteiger partial charge >= 0.3 is 5.97 Å². The Morgan fingerprint density at radius 2 is 1.77 bits per heavy atom. The number of carbonyl (C=O) groups is 1. The van der Waals surface area contributed by atoms with Crippen molar-refractivity contribution < 1.29 is 38.1 Å². The highest BCUT2D eigenvalue weighted by molar-refractivity contribution is 5.98. The monoisotopic (exact) mass is 534 g/mol. The minimum absolute atomic E-state index is 0.0186. The van der Waals surface area contributed by atoms with E-state index in [0.717, 1.165) is 11.1 Å². The Morgan fingerprint density at radius 3 is 2.49 bits per heavy atom. The van der Waals surface area contributed by atoms with E-state index in [4.69, 9.17) is 28.4 Å². The van der Waals surface area contributed by atoms with Crippen LogP contribution >= 0.6 is 0 Å². The fourth-order valence-electron chi connectivity index (χ4n) is 5.91. The zero-order valence-electron chi connectivity index (χ0n) is 21.8. The number of methoxy groups -OCH3 is 3. The molecule has 3 aromatic rings. The van der Waals surface area contributed by atoms with Crippen LogP contribution in [0.3, 0.4) is 0 Å². The number of nitro benzene ring substituents is 1. The second-order valence-corrected chi connectivity index (χ2v) is 9.44. The van der Waals surface area contributed by atoms with Crippen LogP contribution in [0, 0.1) is 10.1 Å². The van der Waals surface area contributed by atoms with Crippen LogP contribution in [-0.2, 0) is 11.2 Å². The Morgan fingerprint density at radius 1 is 1.00 bits per heavy atom. The van der Waals surface area contributed by atoms with Crippen LogP contribution in [0.25, 0.3) is 11.1 Å². The average Bonchev–Trinajstić information content (AvgIpc) is 3.55. The summed E-state index contributed by atoms with van der Waals surface area (Å²) < 4.78 is 34.7. The summed E-state index contributed by atoms with van der Waals surface area (Å²) in [5.41, 5.74) is 3.95. The predicted molar refractivity (Wildman–Crippen MR) is 138 cm³/mol. The number of cyclic esters (lactones) is 1. The molecule has 0 saturated carbocycles. The van der Waals surface area contributed by atoms with Gasteiger partial charge in [-0.2, -0.15) is 0 Å². The molecule has 0 aliphatic carbocycles. The fourth-order valence-corrected chi connectivity index (χ4v) is 5.91. The molecule has 0 saturated heterocycles. The summed E-state index contributed by atoms with van der Waals surface area (Å²) in [5, 5.41) is 11.6. The molecule has 0 bridgehead atoms. The Balaban J connectivity index is 1.60. The highest BCUT2D eigenvalue weighted by Crippen LogP contribution is 2.59. The van der Waals surface area contributed by atoms with Gasteiger partial charge in [0.25, 0.3) is 5.69 Å². The first-order valence-corrected chi connectivity index (χ1v) is 12.3. The molecule has 3 aliphatic rings. The molecule has 0 aromatic heterocycles. The number of likely N-dealkylation sites (N-methyl/N-ethyl adjacent to an activating group) is 1. The van der Waals surface area contributed by atoms with E-state index in [1.165, 1.54) is 26.4 Å². The number of nitro groups is 1. The Hall–Kier alpha value is -4.51. The maximum Gasteiger partial charge on any atom is 0.343 e. The molecule has 6 rings (SSSR count). The minimum atomic E-state index is -0.691. The van der Waals surface area contributed by atoms with Crippen molar-refractivity contribution in [3.05, 3.63) is 68.8 Å². The molecule has 3 aliphatic heterocycles. The maximum absolute atomic E-state index is 13.2. The van der Waals surface area contributed by atoms with E-state index in [0.29, 0.717) is 64.0 Å². The van der Waals surface area contributed by atoms with Gasteiger partial charge in [0, 0.05) is 35.4 Å². The highest BCUT2D eigenvalue weighted by atomic mass is 16.7. The molecule has 39 heavy (non-hydrogen) atoms. The standard InChI is InChI=1S/C28H26N2O9/c1-29-11-10-16-19(14-6-5-7-15(12-14)30(32)33)26-27(38-13-37-26)25(36-4)20(16)22(29)23-17-8-9-18(34-2)24(35-3)21(17)28(31)39-23/h5-9,12,22-23H,10-11,13H2,1-4H3/t22-,23+/m1/s1. The summed E-state index contributed by atoms with van der Waals surface area (Å²) in [6.07, 6.45) is -0.0871. The Labute approximate surface area is 223 Å². The number of benzene rings is 3. The smallest absolute Gasteiger partial charge is 0.343 e. The number of hydrogen-bond acceptors (Lipinski definition) is 10. The number of non-ortho nitro benzene ring substituents is 1. The van der Waals surface area contributed by atoms with Crippen molar-refractivity contribution >= 4 is 11.7 Å². The van der Waals surface area contributed by atoms with E-state index in [2.05, 4.69) is 4.90 Å². The van der Waals surface area contributed by atoms with Crippen LogP contribution in [0.15, 0.2) is 36.4 Å². The van der Waals surface area contributed by atoms with E-state index >= 15 is 0 Å². The van der Waals surface area contributed by atoms with Gasteiger partial charge in [-0.05, 0) is 30.7 Å². The number of esters is 1. The number of nitrogens with zero attached hydrogens (tertiary/aromatic N) is 2. The van der Waals surface area contributed by atoms with Crippen LogP contribution in [0.4, 0.5) is 5.69 Å². The van der Waals surface area contributed by atoms with Gasteiger partial charge in [0.15, 0.2) is 23.0 Å². The van der Waals surface area contributed by atoms with E-state index < -0.39 is 23.0 Å². The van der Waals surface area contributed by atoms with Gasteiger partial charge in [0.1, 0.15) is 11.7 Å². The van der Waals surface area contributed by atoms with Gasteiger partial charge in [-0.15, -0.1) is 0 Å². The third-order valence-electron chi connectivity index (χ3n) is 7.56. The second kappa shape index (κ2) is 9.35. The normalized spacial score (nSPS) is 19.2. The molecule has 2 atom stereocenters. The van der Waals surface area contributed by atoms with Crippen LogP contribution < -0.4 is 23.7 Å². The lowest BCUT2D eigenvalue weighted by Crippen LogP contribution is -2.36. The van der Waals surface area contributed by atoms with Crippen LogP contribution in [0.2, 0.25) is 0 Å². The molecular weight excluding hydrogens is 508 g/mol. The molecule has 0 fully saturated rings. The molecule has 11 heteroatoms. The lowest BCUT2D eigenvalue weighted by atomic mass is 9.81. The van der Waals surface area contributed by atoms with Crippen molar-refractivity contribution in [2.24, 2.45) is 0 Å². The number of rotatable bonds is 6. The lowest BCUT2D eigenvalue weighted by molar-refractivity contribution is -0.384. The van der Waals surface area contributed by atoms with E-state index in [1.54, 1.807) is 19.2 Å². The number of ether oxygens (including phenoxy) is 6. The first-order valence-electron chi connectivity index (χ1n) is 12.3. The Kier molecular flexibility index (Phi) is 5.95. The van der Waals surface area contributed by atoms with Gasteiger partial charge in [0.2, 0.25) is 12.5 Å². The van der Waals surface area contributed by atoms with Gasteiger partial charge in [-0.25, -0.2) is 4.79 Å². The largest absolute Gasteiger partial charge is 0.493 e. The SMILES string of the molecule is COc1ccc2c(c1OC)C(=O)O[C@@H]2[C@H]1c2c(c(-c3cccc([N+](=O)[O-])c3)c3c(c2OC)OCO3)CCN1C. The molecule has 0 amide bonds. The van der Waals surface area contributed by atoms with Gasteiger partial charge in [-0.1, -0.05) is 18.2 Å². The molecule has 0 unspecified atom stereocenters. The number of hydrogen-bond donors (Lipinski definition) is 0. The number of fused-ring (bicyclic) bond motifs is 3. The van der Waals surface area contributed by atoms with E-state index in [1.807, 2.05) is 19.2 Å². The van der Waals surface area contributed by atoms with Gasteiger partial charge in [0.05, 0.1) is 32.3 Å². The zero-order valence-corrected chi connectivity index (χ0v) is 21.8. The molecule has 0 spiro atoms. The van der Waals surface area contributed by atoms with Crippen molar-refractivity contribution in [3.8, 4) is 39.9 Å². The van der Waals surface area contributed by atoms with Crippen LogP contribution in [0.5, 0.6) is 28.7 Å². The fraction of sp³-hybridized carbons (Fsp3) is 0.321. The summed E-state index contributed by atoms with van der Waals surface area (Å²) in [5.74, 6) is 1.61. The Bertz CT molecular complexity index is 1520. The lowest BCUT2D eigenvalue weighted by Gasteiger charge is -2.39. The molecule has 3 aromatic carbocycles. The van der Waals surface area contributed by atoms with Crippen molar-refractivity contribution in [3.63, 3.8) is 0 Å². The van der Waals surface area contributed by atoms with Crippen LogP contribution in [-0.4, -0.2) is 57.5 Å². The van der Waals surface area contributed by atoms with Crippen molar-refractivity contribution in [2.75, 3.05) is 41.7 Å². The molecule has 3 heterocycles. The molecule has 0 radical (unpaired) electrons. The van der Waals surface area contributed by atoms with E-state index in [-0.39, 0.29) is 12.5 Å². The quantitative estimate of drug-likeness (QED) is 0.255. The minimum Gasteiger partial charge on any atom is -0.493 e. The molecular formula is C28H26N2O9. The topological polar surface area (TPSA) is 119 Å². The predicted octanol–water partition coefficient (Wildman–Crippen LogP) is 4.46. The van der Waals surface area contributed by atoms with Crippen molar-refractivity contribution in [2.45, 2.75) is 18.6 Å². The number of carbonyl (C=O) groups excluding carboxylic acids is 1. The first-order chi connectivity index (χ1) is 18.9. The third-order valence-corrected chi connectivity index (χ3v) is 7.56. The van der Waals surface area contributed by atoms with Crippen molar-refractivity contribution in [1.82, 2.24) is 4.90 Å². The highest BCUT2D eigenvalue weighted by Gasteiger charge is 2.47. The molecule has 0 N–H and O–H groups in total. The third kappa shape index (κ3) is 3.64. The summed E-state index contributed by atoms with van der Waals surface area (Å²) in [7, 11) is 6.50. The second-order valence-electron chi connectivity index (χ2n) is 9.44. The summed E-state index contributed by atoms with van der Waals surface area (Å²) >= 11 is 0. The first kappa shape index (κ1) is 24.8. The average molecular weight is 535 g/mol. The summed E-state index contributed by atoms with van der Waals surface area (Å²) in [6.45, 7) is 0.605.